The number of hydrogen-bond acceptors (Lipinski definition) is 5. The van der Waals surface area contributed by atoms with Crippen molar-refractivity contribution in [2.24, 2.45) is 0 Å². The van der Waals surface area contributed by atoms with Crippen LogP contribution < -0.4 is 0 Å². The van der Waals surface area contributed by atoms with Gasteiger partial charge in [-0.3, -0.25) is 0 Å². The molecule has 37 heavy (non-hydrogen) atoms. The zero-order chi connectivity index (χ0) is 25.8. The monoisotopic (exact) mass is 489 g/mol. The zero-order valence-corrected chi connectivity index (χ0v) is 20.1. The van der Waals surface area contributed by atoms with Gasteiger partial charge in [0, 0.05) is 16.2 Å². The minimum absolute atomic E-state index is 0.206. The molecule has 0 atom stereocenters. The second-order valence-corrected chi connectivity index (χ2v) is 10.2. The highest BCUT2D eigenvalue weighted by atomic mass is 16.4. The number of aromatic hydroxyl groups is 5. The van der Waals surface area contributed by atoms with Crippen LogP contribution in [0.15, 0.2) is 72.8 Å². The maximum Gasteiger partial charge on any atom is 0.208 e. The van der Waals surface area contributed by atoms with Gasteiger partial charge in [-0.25, -0.2) is 0 Å². The fraction of sp³-hybridized carbons (Fsp3) is 0.0968. The average Bonchev–Trinajstić information content (AvgIpc) is 3.34. The molecule has 1 heterocycles. The highest BCUT2D eigenvalue weighted by molar-refractivity contribution is 6.15. The number of phenolic OH excluding ortho intramolecular Hbond substituents is 5. The van der Waals surface area contributed by atoms with Gasteiger partial charge in [0.05, 0.1) is 11.0 Å². The molecule has 0 unspecified atom stereocenters. The summed E-state index contributed by atoms with van der Waals surface area (Å²) in [5.41, 5.74) is 5.87. The first-order valence-electron chi connectivity index (χ1n) is 12.0. The first-order valence-corrected chi connectivity index (χ1v) is 12.0. The Morgan fingerprint density at radius 1 is 0.568 bits per heavy atom. The number of para-hydroxylation sites is 1. The predicted molar refractivity (Wildman–Crippen MR) is 144 cm³/mol. The fourth-order valence-corrected chi connectivity index (χ4v) is 6.21. The Bertz CT molecular complexity index is 1940. The van der Waals surface area contributed by atoms with E-state index in [-0.39, 0.29) is 11.1 Å². The largest absolute Gasteiger partial charge is 0.503 e. The predicted octanol–water partition coefficient (Wildman–Crippen LogP) is 6.77. The van der Waals surface area contributed by atoms with Crippen molar-refractivity contribution in [2.45, 2.75) is 19.3 Å². The van der Waals surface area contributed by atoms with E-state index in [1.54, 1.807) is 4.57 Å². The molecule has 182 valence electrons. The summed E-state index contributed by atoms with van der Waals surface area (Å²) in [6.45, 7) is 4.48. The summed E-state index contributed by atoms with van der Waals surface area (Å²) in [7, 11) is 0. The first-order chi connectivity index (χ1) is 17.7. The topological polar surface area (TPSA) is 106 Å². The Morgan fingerprint density at radius 3 is 1.97 bits per heavy atom. The lowest BCUT2D eigenvalue weighted by Gasteiger charge is -2.23. The molecule has 7 rings (SSSR count). The number of benzene rings is 5. The molecule has 0 bridgehead atoms. The quantitative estimate of drug-likeness (QED) is 0.129. The molecular formula is C31H23NO5. The number of fused-ring (bicyclic) bond motifs is 8. The van der Waals surface area contributed by atoms with Gasteiger partial charge in [-0.2, -0.15) is 0 Å². The normalized spacial score (nSPS) is 13.9. The summed E-state index contributed by atoms with van der Waals surface area (Å²) >= 11 is 0. The Labute approximate surface area is 211 Å². The third-order valence-electron chi connectivity index (χ3n) is 7.90. The first kappa shape index (κ1) is 21.4. The maximum absolute atomic E-state index is 10.8. The van der Waals surface area contributed by atoms with Gasteiger partial charge in [0.1, 0.15) is 5.69 Å². The van der Waals surface area contributed by atoms with Crippen LogP contribution in [-0.2, 0) is 5.41 Å². The summed E-state index contributed by atoms with van der Waals surface area (Å²) in [6.07, 6.45) is 0. The molecule has 0 fully saturated rings. The molecule has 1 aromatic heterocycles. The Hall–Kier alpha value is -4.84. The molecule has 0 radical (unpaired) electrons. The van der Waals surface area contributed by atoms with Crippen LogP contribution in [0.25, 0.3) is 49.4 Å². The molecule has 0 saturated heterocycles. The van der Waals surface area contributed by atoms with Crippen molar-refractivity contribution in [3.8, 4) is 45.6 Å². The van der Waals surface area contributed by atoms with E-state index in [2.05, 4.69) is 56.3 Å². The molecular weight excluding hydrogens is 466 g/mol. The van der Waals surface area contributed by atoms with Gasteiger partial charge in [-0.05, 0) is 51.2 Å². The van der Waals surface area contributed by atoms with Gasteiger partial charge in [0.15, 0.2) is 11.5 Å². The van der Waals surface area contributed by atoms with Crippen molar-refractivity contribution >= 4 is 32.6 Å². The van der Waals surface area contributed by atoms with Gasteiger partial charge in [-0.15, -0.1) is 0 Å². The molecule has 5 aromatic carbocycles. The van der Waals surface area contributed by atoms with E-state index in [4.69, 9.17) is 0 Å². The summed E-state index contributed by atoms with van der Waals surface area (Å²) in [6, 6.07) is 24.4. The number of hydrogen-bond donors (Lipinski definition) is 5. The van der Waals surface area contributed by atoms with E-state index >= 15 is 0 Å². The summed E-state index contributed by atoms with van der Waals surface area (Å²) in [5.74, 6) is -4.27. The number of nitrogens with zero attached hydrogens (tertiary/aromatic N) is 1. The molecule has 0 aliphatic heterocycles. The molecule has 6 heteroatoms. The van der Waals surface area contributed by atoms with Gasteiger partial charge >= 0.3 is 0 Å². The van der Waals surface area contributed by atoms with Crippen LogP contribution >= 0.6 is 0 Å². The van der Waals surface area contributed by atoms with Crippen molar-refractivity contribution < 1.29 is 25.5 Å². The van der Waals surface area contributed by atoms with Crippen molar-refractivity contribution in [2.75, 3.05) is 0 Å². The van der Waals surface area contributed by atoms with Crippen LogP contribution in [0.3, 0.4) is 0 Å². The van der Waals surface area contributed by atoms with Gasteiger partial charge in [-0.1, -0.05) is 68.4 Å². The van der Waals surface area contributed by atoms with Crippen LogP contribution in [0.1, 0.15) is 25.0 Å². The summed E-state index contributed by atoms with van der Waals surface area (Å²) in [5, 5.41) is 55.9. The van der Waals surface area contributed by atoms with E-state index in [9.17, 15) is 25.5 Å². The maximum atomic E-state index is 10.8. The number of phenols is 5. The molecule has 0 saturated carbocycles. The third kappa shape index (κ3) is 2.54. The van der Waals surface area contributed by atoms with Crippen molar-refractivity contribution in [1.82, 2.24) is 4.57 Å². The standard InChI is InChI=1S/C31H23NO5/c1-31(2)21-9-5-3-7-16(21)18-12-11-15-13-23-20(14-19(15)24(18)31)17-8-4-6-10-22(17)32(23)25-26(33)28(35)30(37)29(36)27(25)34/h3-14,33-37H,1-2H3. The van der Waals surface area contributed by atoms with E-state index in [0.717, 1.165) is 21.5 Å². The lowest BCUT2D eigenvalue weighted by molar-refractivity contribution is 0.327. The van der Waals surface area contributed by atoms with E-state index in [0.29, 0.717) is 11.0 Å². The molecule has 0 spiro atoms. The Balaban J connectivity index is 1.65. The van der Waals surface area contributed by atoms with E-state index < -0.39 is 28.7 Å². The van der Waals surface area contributed by atoms with Crippen LogP contribution in [0, 0.1) is 0 Å². The van der Waals surface area contributed by atoms with Crippen molar-refractivity contribution in [1.29, 1.82) is 0 Å². The van der Waals surface area contributed by atoms with E-state index in [1.807, 2.05) is 30.3 Å². The molecule has 6 nitrogen and oxygen atoms in total. The van der Waals surface area contributed by atoms with Crippen molar-refractivity contribution in [3.05, 3.63) is 83.9 Å². The molecule has 1 aliphatic carbocycles. The van der Waals surface area contributed by atoms with Gasteiger partial charge in [0.2, 0.25) is 17.2 Å². The molecule has 6 aromatic rings. The lowest BCUT2D eigenvalue weighted by atomic mass is 9.80. The van der Waals surface area contributed by atoms with Crippen LogP contribution in [0.2, 0.25) is 0 Å². The SMILES string of the molecule is CC1(C)c2ccccc2-c2ccc3cc4c(cc3c21)c1ccccc1n4-c1c(O)c(O)c(O)c(O)c1O. The highest BCUT2D eigenvalue weighted by Gasteiger charge is 2.37. The third-order valence-corrected chi connectivity index (χ3v) is 7.90. The molecule has 5 N–H and O–H groups in total. The highest BCUT2D eigenvalue weighted by Crippen LogP contribution is 2.55. The van der Waals surface area contributed by atoms with Gasteiger partial charge in [0.25, 0.3) is 0 Å². The smallest absolute Gasteiger partial charge is 0.208 e. The minimum Gasteiger partial charge on any atom is -0.503 e. The number of aromatic nitrogens is 1. The minimum atomic E-state index is -0.984. The van der Waals surface area contributed by atoms with Crippen LogP contribution in [0.4, 0.5) is 0 Å². The molecule has 0 amide bonds. The van der Waals surface area contributed by atoms with Gasteiger partial charge < -0.3 is 30.1 Å². The van der Waals surface area contributed by atoms with Crippen LogP contribution in [-0.4, -0.2) is 30.1 Å². The number of rotatable bonds is 1. The second kappa shape index (κ2) is 6.89. The summed E-state index contributed by atoms with van der Waals surface area (Å²) in [4.78, 5) is 0. The lowest BCUT2D eigenvalue weighted by Crippen LogP contribution is -2.15. The average molecular weight is 490 g/mol. The Morgan fingerprint density at radius 2 is 1.22 bits per heavy atom. The Kier molecular flexibility index (Phi) is 3.99. The second-order valence-electron chi connectivity index (χ2n) is 10.2. The summed E-state index contributed by atoms with van der Waals surface area (Å²) < 4.78 is 1.60. The van der Waals surface area contributed by atoms with Crippen molar-refractivity contribution in [3.63, 3.8) is 0 Å². The zero-order valence-electron chi connectivity index (χ0n) is 20.1. The van der Waals surface area contributed by atoms with Crippen LogP contribution in [0.5, 0.6) is 28.7 Å². The fourth-order valence-electron chi connectivity index (χ4n) is 6.21. The van der Waals surface area contributed by atoms with E-state index in [1.165, 1.54) is 22.3 Å². The molecule has 1 aliphatic rings.